The van der Waals surface area contributed by atoms with Gasteiger partial charge in [-0.3, -0.25) is 4.79 Å². The highest BCUT2D eigenvalue weighted by atomic mass is 35.5. The Kier molecular flexibility index (Phi) is 6.48. The Labute approximate surface area is 196 Å². The molecule has 0 radical (unpaired) electrons. The number of piperazine rings is 1. The van der Waals surface area contributed by atoms with Crippen LogP contribution in [-0.4, -0.2) is 51.1 Å². The molecule has 168 valence electrons. The maximum Gasteiger partial charge on any atom is 0.291 e. The van der Waals surface area contributed by atoms with Crippen molar-refractivity contribution in [2.24, 2.45) is 0 Å². The number of furan rings is 1. The highest BCUT2D eigenvalue weighted by Crippen LogP contribution is 2.32. The van der Waals surface area contributed by atoms with E-state index in [0.29, 0.717) is 53.2 Å². The van der Waals surface area contributed by atoms with Gasteiger partial charge in [0, 0.05) is 48.1 Å². The van der Waals surface area contributed by atoms with Gasteiger partial charge >= 0.3 is 0 Å². The normalized spacial score (nSPS) is 15.0. The maximum atomic E-state index is 12.6. The summed E-state index contributed by atoms with van der Waals surface area (Å²) >= 11 is 12.2. The molecule has 10 heteroatoms. The summed E-state index contributed by atoms with van der Waals surface area (Å²) in [4.78, 5) is 14.7. The van der Waals surface area contributed by atoms with Gasteiger partial charge in [-0.2, -0.15) is 4.31 Å². The van der Waals surface area contributed by atoms with Crippen LogP contribution in [0.15, 0.2) is 59.0 Å². The first-order valence-corrected chi connectivity index (χ1v) is 12.5. The zero-order valence-corrected chi connectivity index (χ0v) is 19.5. The molecule has 2 aromatic carbocycles. The van der Waals surface area contributed by atoms with Gasteiger partial charge in [-0.1, -0.05) is 23.2 Å². The van der Waals surface area contributed by atoms with Crippen LogP contribution in [-0.2, 0) is 10.0 Å². The number of sulfonamides is 1. The van der Waals surface area contributed by atoms with Crippen LogP contribution in [0.1, 0.15) is 10.6 Å². The highest BCUT2D eigenvalue weighted by Gasteiger charge is 2.23. The highest BCUT2D eigenvalue weighted by molar-refractivity contribution is 7.88. The lowest BCUT2D eigenvalue weighted by Crippen LogP contribution is -2.48. The van der Waals surface area contributed by atoms with E-state index >= 15 is 0 Å². The molecule has 1 saturated heterocycles. The predicted octanol–water partition coefficient (Wildman–Crippen LogP) is 4.59. The summed E-state index contributed by atoms with van der Waals surface area (Å²) in [5.41, 5.74) is 2.19. The van der Waals surface area contributed by atoms with Crippen molar-refractivity contribution in [2.45, 2.75) is 0 Å². The van der Waals surface area contributed by atoms with Crippen LogP contribution in [0, 0.1) is 0 Å². The molecule has 0 unspecified atom stereocenters. The molecule has 0 aliphatic carbocycles. The summed E-state index contributed by atoms with van der Waals surface area (Å²) in [5, 5.41) is 3.80. The molecule has 4 rings (SSSR count). The van der Waals surface area contributed by atoms with E-state index in [0.717, 1.165) is 5.69 Å². The van der Waals surface area contributed by atoms with E-state index in [-0.39, 0.29) is 11.7 Å². The summed E-state index contributed by atoms with van der Waals surface area (Å²) < 4.78 is 30.5. The van der Waals surface area contributed by atoms with E-state index in [1.807, 2.05) is 12.1 Å². The summed E-state index contributed by atoms with van der Waals surface area (Å²) in [6.45, 7) is 2.13. The van der Waals surface area contributed by atoms with Crippen LogP contribution >= 0.6 is 23.2 Å². The van der Waals surface area contributed by atoms with E-state index < -0.39 is 10.0 Å². The number of carbonyl (C=O) groups is 1. The molecule has 1 fully saturated rings. The smallest absolute Gasteiger partial charge is 0.291 e. The Hall–Kier alpha value is -2.52. The fraction of sp³-hybridized carbons (Fsp3) is 0.227. The molecule has 7 nitrogen and oxygen atoms in total. The topological polar surface area (TPSA) is 82.9 Å². The summed E-state index contributed by atoms with van der Waals surface area (Å²) in [5.74, 6) is 0.215. The SMILES string of the molecule is CS(=O)(=O)N1CCN(c2ccc(NC(=O)c3ccc(-c4cc(Cl)ccc4Cl)o3)cc2)CC1. The monoisotopic (exact) mass is 493 g/mol. The van der Waals surface area contributed by atoms with Crippen molar-refractivity contribution in [2.75, 3.05) is 42.7 Å². The molecule has 1 aliphatic heterocycles. The van der Waals surface area contributed by atoms with Crippen LogP contribution < -0.4 is 10.2 Å². The van der Waals surface area contributed by atoms with Crippen LogP contribution in [0.5, 0.6) is 0 Å². The summed E-state index contributed by atoms with van der Waals surface area (Å²) in [6.07, 6.45) is 1.23. The number of amides is 1. The van der Waals surface area contributed by atoms with Gasteiger partial charge in [0.05, 0.1) is 11.3 Å². The fourth-order valence-corrected chi connectivity index (χ4v) is 4.73. The summed E-state index contributed by atoms with van der Waals surface area (Å²) in [6, 6.07) is 15.7. The number of halogens is 2. The van der Waals surface area contributed by atoms with Crippen LogP contribution in [0.25, 0.3) is 11.3 Å². The standard InChI is InChI=1S/C22H21Cl2N3O4S/c1-32(29,30)27-12-10-26(11-13-27)17-5-3-16(4-6-17)25-22(28)21-9-8-20(31-21)18-14-15(23)2-7-19(18)24/h2-9,14H,10-13H2,1H3,(H,25,28). The molecule has 0 spiro atoms. The van der Waals surface area contributed by atoms with Crippen molar-refractivity contribution in [1.82, 2.24) is 4.31 Å². The van der Waals surface area contributed by atoms with Crippen LogP contribution in [0.3, 0.4) is 0 Å². The number of nitrogens with zero attached hydrogens (tertiary/aromatic N) is 2. The number of rotatable bonds is 5. The van der Waals surface area contributed by atoms with Crippen molar-refractivity contribution in [1.29, 1.82) is 0 Å². The zero-order chi connectivity index (χ0) is 22.9. The largest absolute Gasteiger partial charge is 0.451 e. The average Bonchev–Trinajstić information content (AvgIpc) is 3.26. The molecule has 1 N–H and O–H groups in total. The second-order valence-corrected chi connectivity index (χ2v) is 10.3. The second-order valence-electron chi connectivity index (χ2n) is 7.44. The molecule has 1 aliphatic rings. The molecule has 0 saturated carbocycles. The predicted molar refractivity (Wildman–Crippen MR) is 127 cm³/mol. The quantitative estimate of drug-likeness (QED) is 0.561. The lowest BCUT2D eigenvalue weighted by Gasteiger charge is -2.34. The molecule has 0 atom stereocenters. The van der Waals surface area contributed by atoms with Gasteiger partial charge in [0.2, 0.25) is 10.0 Å². The van der Waals surface area contributed by atoms with Crippen molar-refractivity contribution in [3.63, 3.8) is 0 Å². The van der Waals surface area contributed by atoms with Crippen molar-refractivity contribution in [3.05, 3.63) is 70.4 Å². The van der Waals surface area contributed by atoms with Gasteiger partial charge in [0.25, 0.3) is 5.91 Å². The molecular formula is C22H21Cl2N3O4S. The Balaban J connectivity index is 1.40. The van der Waals surface area contributed by atoms with Crippen molar-refractivity contribution in [3.8, 4) is 11.3 Å². The van der Waals surface area contributed by atoms with Gasteiger partial charge in [-0.25, -0.2) is 8.42 Å². The molecular weight excluding hydrogens is 473 g/mol. The maximum absolute atomic E-state index is 12.6. The third kappa shape index (κ3) is 5.10. The molecule has 1 amide bonds. The minimum absolute atomic E-state index is 0.150. The zero-order valence-electron chi connectivity index (χ0n) is 17.2. The van der Waals surface area contributed by atoms with E-state index in [9.17, 15) is 13.2 Å². The Morgan fingerprint density at radius 3 is 2.31 bits per heavy atom. The first-order chi connectivity index (χ1) is 15.2. The van der Waals surface area contributed by atoms with E-state index in [1.165, 1.54) is 10.6 Å². The van der Waals surface area contributed by atoms with Gasteiger partial charge in [-0.05, 0) is 54.6 Å². The molecule has 0 bridgehead atoms. The lowest BCUT2D eigenvalue weighted by atomic mass is 10.2. The average molecular weight is 494 g/mol. The number of nitrogens with one attached hydrogen (secondary N) is 1. The fourth-order valence-electron chi connectivity index (χ4n) is 3.52. The first-order valence-electron chi connectivity index (χ1n) is 9.87. The van der Waals surface area contributed by atoms with Gasteiger partial charge < -0.3 is 14.6 Å². The number of hydrogen-bond acceptors (Lipinski definition) is 5. The number of benzene rings is 2. The Morgan fingerprint density at radius 1 is 0.969 bits per heavy atom. The van der Waals surface area contributed by atoms with Crippen LogP contribution in [0.2, 0.25) is 10.0 Å². The molecule has 3 aromatic rings. The molecule has 1 aromatic heterocycles. The number of carbonyl (C=O) groups excluding carboxylic acids is 1. The minimum atomic E-state index is -3.16. The van der Waals surface area contributed by atoms with E-state index in [4.69, 9.17) is 27.6 Å². The second kappa shape index (κ2) is 9.15. The minimum Gasteiger partial charge on any atom is -0.451 e. The molecule has 2 heterocycles. The third-order valence-corrected chi connectivity index (χ3v) is 7.09. The summed E-state index contributed by atoms with van der Waals surface area (Å²) in [7, 11) is -3.16. The molecule has 32 heavy (non-hydrogen) atoms. The van der Waals surface area contributed by atoms with E-state index in [1.54, 1.807) is 42.5 Å². The van der Waals surface area contributed by atoms with Crippen molar-refractivity contribution < 1.29 is 17.6 Å². The van der Waals surface area contributed by atoms with E-state index in [2.05, 4.69) is 10.2 Å². The van der Waals surface area contributed by atoms with Crippen molar-refractivity contribution >= 4 is 50.5 Å². The first kappa shape index (κ1) is 22.7. The van der Waals surface area contributed by atoms with Crippen LogP contribution in [0.4, 0.5) is 11.4 Å². The Bertz CT molecular complexity index is 1230. The van der Waals surface area contributed by atoms with Gasteiger partial charge in [-0.15, -0.1) is 0 Å². The van der Waals surface area contributed by atoms with Gasteiger partial charge in [0.1, 0.15) is 5.76 Å². The number of anilines is 2. The Morgan fingerprint density at radius 2 is 1.66 bits per heavy atom. The number of hydrogen-bond donors (Lipinski definition) is 1. The van der Waals surface area contributed by atoms with Gasteiger partial charge in [0.15, 0.2) is 5.76 Å². The lowest BCUT2D eigenvalue weighted by molar-refractivity contribution is 0.0997. The third-order valence-electron chi connectivity index (χ3n) is 5.22.